The molecule has 1 aromatic carbocycles. The van der Waals surface area contributed by atoms with Crippen molar-refractivity contribution in [2.24, 2.45) is 0 Å². The van der Waals surface area contributed by atoms with Gasteiger partial charge in [0.15, 0.2) is 0 Å². The summed E-state index contributed by atoms with van der Waals surface area (Å²) in [6.07, 6.45) is 5.31. The van der Waals surface area contributed by atoms with Crippen LogP contribution in [0, 0.1) is 0 Å². The van der Waals surface area contributed by atoms with E-state index in [0.29, 0.717) is 13.0 Å². The molecule has 1 aromatic rings. The van der Waals surface area contributed by atoms with Gasteiger partial charge in [-0.05, 0) is 45.6 Å². The van der Waals surface area contributed by atoms with Gasteiger partial charge in [0.05, 0.1) is 5.60 Å². The van der Waals surface area contributed by atoms with Crippen molar-refractivity contribution < 1.29 is 14.6 Å². The molecule has 0 spiro atoms. The first kappa shape index (κ1) is 18.8. The molecule has 1 atom stereocenters. The van der Waals surface area contributed by atoms with Crippen molar-refractivity contribution in [1.82, 2.24) is 5.32 Å². The van der Waals surface area contributed by atoms with Gasteiger partial charge in [0.1, 0.15) is 5.60 Å². The van der Waals surface area contributed by atoms with E-state index in [9.17, 15) is 9.90 Å². The third kappa shape index (κ3) is 5.52. The molecule has 0 aromatic heterocycles. The molecule has 1 aliphatic rings. The van der Waals surface area contributed by atoms with Crippen molar-refractivity contribution in [3.05, 3.63) is 35.9 Å². The van der Waals surface area contributed by atoms with Crippen molar-refractivity contribution in [2.45, 2.75) is 76.4 Å². The number of benzene rings is 1. The summed E-state index contributed by atoms with van der Waals surface area (Å²) < 4.78 is 5.28. The summed E-state index contributed by atoms with van der Waals surface area (Å²) in [6.45, 7) is 6.05. The van der Waals surface area contributed by atoms with E-state index in [0.717, 1.165) is 31.2 Å². The SMILES string of the molecule is CC(C)(C)OC(=O)NCC[C@H](c1ccccc1)C1(O)CCCCC1. The number of hydrogen-bond acceptors (Lipinski definition) is 3. The predicted octanol–water partition coefficient (Wildman–Crippen LogP) is 4.38. The van der Waals surface area contributed by atoms with E-state index in [1.807, 2.05) is 39.0 Å². The molecular weight excluding hydrogens is 302 g/mol. The van der Waals surface area contributed by atoms with E-state index in [2.05, 4.69) is 17.4 Å². The number of alkyl carbamates (subject to hydrolysis) is 1. The zero-order valence-electron chi connectivity index (χ0n) is 15.2. The van der Waals surface area contributed by atoms with Gasteiger partial charge in [-0.15, -0.1) is 0 Å². The van der Waals surface area contributed by atoms with E-state index in [1.165, 1.54) is 6.42 Å². The van der Waals surface area contributed by atoms with Crippen LogP contribution >= 0.6 is 0 Å². The van der Waals surface area contributed by atoms with Crippen LogP contribution < -0.4 is 5.32 Å². The second-order valence-corrected chi connectivity index (χ2v) is 7.84. The van der Waals surface area contributed by atoms with E-state index in [-0.39, 0.29) is 5.92 Å². The quantitative estimate of drug-likeness (QED) is 0.840. The fourth-order valence-electron chi connectivity index (χ4n) is 3.58. The maximum absolute atomic E-state index is 11.8. The Labute approximate surface area is 145 Å². The maximum atomic E-state index is 11.8. The van der Waals surface area contributed by atoms with Crippen LogP contribution in [-0.4, -0.2) is 28.9 Å². The average Bonchev–Trinajstić information content (AvgIpc) is 2.51. The number of hydrogen-bond donors (Lipinski definition) is 2. The topological polar surface area (TPSA) is 58.6 Å². The highest BCUT2D eigenvalue weighted by atomic mass is 16.6. The fourth-order valence-corrected chi connectivity index (χ4v) is 3.58. The minimum Gasteiger partial charge on any atom is -0.444 e. The lowest BCUT2D eigenvalue weighted by Crippen LogP contribution is -2.40. The summed E-state index contributed by atoms with van der Waals surface area (Å²) in [7, 11) is 0. The molecule has 0 bridgehead atoms. The van der Waals surface area contributed by atoms with Crippen LogP contribution in [0.5, 0.6) is 0 Å². The lowest BCUT2D eigenvalue weighted by molar-refractivity contribution is -0.0243. The molecule has 134 valence electrons. The Kier molecular flexibility index (Phi) is 6.27. The standard InChI is InChI=1S/C20H31NO3/c1-19(2,3)24-18(22)21-15-12-17(16-10-6-4-7-11-16)20(23)13-8-5-9-14-20/h4,6-7,10-11,17,23H,5,8-9,12-15H2,1-3H3,(H,21,22)/t17-/m1/s1. The molecule has 1 saturated carbocycles. The molecule has 0 aliphatic heterocycles. The monoisotopic (exact) mass is 333 g/mol. The molecule has 1 aliphatic carbocycles. The zero-order chi connectivity index (χ0) is 17.6. The molecule has 2 N–H and O–H groups in total. The second-order valence-electron chi connectivity index (χ2n) is 7.84. The first-order chi connectivity index (χ1) is 11.3. The highest BCUT2D eigenvalue weighted by Crippen LogP contribution is 2.41. The van der Waals surface area contributed by atoms with Gasteiger partial charge in [-0.3, -0.25) is 0 Å². The molecule has 0 radical (unpaired) electrons. The van der Waals surface area contributed by atoms with Crippen molar-refractivity contribution in [3.63, 3.8) is 0 Å². The molecular formula is C20H31NO3. The van der Waals surface area contributed by atoms with Gasteiger partial charge in [0.25, 0.3) is 0 Å². The normalized spacial score (nSPS) is 18.7. The number of ether oxygens (including phenoxy) is 1. The van der Waals surface area contributed by atoms with Gasteiger partial charge < -0.3 is 15.2 Å². The minimum atomic E-state index is -0.671. The van der Waals surface area contributed by atoms with Crippen LogP contribution in [-0.2, 0) is 4.74 Å². The summed E-state index contributed by atoms with van der Waals surface area (Å²) in [5.41, 5.74) is -0.0208. The van der Waals surface area contributed by atoms with E-state index in [4.69, 9.17) is 4.74 Å². The van der Waals surface area contributed by atoms with Crippen molar-refractivity contribution in [2.75, 3.05) is 6.54 Å². The van der Waals surface area contributed by atoms with Crippen LogP contribution in [0.3, 0.4) is 0 Å². The molecule has 0 saturated heterocycles. The summed E-state index contributed by atoms with van der Waals surface area (Å²) in [5, 5.41) is 14.0. The first-order valence-corrected chi connectivity index (χ1v) is 9.04. The Balaban J connectivity index is 2.00. The minimum absolute atomic E-state index is 0.0361. The second kappa shape index (κ2) is 8.02. The first-order valence-electron chi connectivity index (χ1n) is 9.04. The number of carbonyl (C=O) groups excluding carboxylic acids is 1. The maximum Gasteiger partial charge on any atom is 0.407 e. The Morgan fingerprint density at radius 3 is 2.42 bits per heavy atom. The highest BCUT2D eigenvalue weighted by molar-refractivity contribution is 5.67. The number of nitrogens with one attached hydrogen (secondary N) is 1. The predicted molar refractivity (Wildman–Crippen MR) is 96.1 cm³/mol. The third-order valence-corrected chi connectivity index (χ3v) is 4.67. The van der Waals surface area contributed by atoms with Crippen LogP contribution in [0.15, 0.2) is 30.3 Å². The van der Waals surface area contributed by atoms with Crippen LogP contribution in [0.2, 0.25) is 0 Å². The molecule has 0 heterocycles. The van der Waals surface area contributed by atoms with E-state index < -0.39 is 17.3 Å². The lowest BCUT2D eigenvalue weighted by atomic mass is 9.71. The molecule has 1 amide bonds. The van der Waals surface area contributed by atoms with Gasteiger partial charge in [0, 0.05) is 12.5 Å². The van der Waals surface area contributed by atoms with Gasteiger partial charge in [-0.1, -0.05) is 49.6 Å². The Morgan fingerprint density at radius 2 is 1.83 bits per heavy atom. The smallest absolute Gasteiger partial charge is 0.407 e. The highest BCUT2D eigenvalue weighted by Gasteiger charge is 2.38. The molecule has 4 nitrogen and oxygen atoms in total. The van der Waals surface area contributed by atoms with Gasteiger partial charge in [-0.2, -0.15) is 0 Å². The summed E-state index contributed by atoms with van der Waals surface area (Å²) in [5.74, 6) is 0.0361. The Morgan fingerprint density at radius 1 is 1.21 bits per heavy atom. The average molecular weight is 333 g/mol. The van der Waals surface area contributed by atoms with Crippen molar-refractivity contribution in [3.8, 4) is 0 Å². The molecule has 4 heteroatoms. The number of carbonyl (C=O) groups is 1. The molecule has 1 fully saturated rings. The zero-order valence-corrected chi connectivity index (χ0v) is 15.2. The van der Waals surface area contributed by atoms with Gasteiger partial charge in [-0.25, -0.2) is 4.79 Å². The van der Waals surface area contributed by atoms with Crippen LogP contribution in [0.25, 0.3) is 0 Å². The fraction of sp³-hybridized carbons (Fsp3) is 0.650. The van der Waals surface area contributed by atoms with Crippen LogP contribution in [0.4, 0.5) is 4.79 Å². The summed E-state index contributed by atoms with van der Waals surface area (Å²) in [6, 6.07) is 10.2. The van der Waals surface area contributed by atoms with E-state index in [1.54, 1.807) is 0 Å². The third-order valence-electron chi connectivity index (χ3n) is 4.67. The number of rotatable bonds is 5. The van der Waals surface area contributed by atoms with Gasteiger partial charge in [0.2, 0.25) is 0 Å². The Hall–Kier alpha value is -1.55. The van der Waals surface area contributed by atoms with Crippen LogP contribution in [0.1, 0.15) is 70.8 Å². The molecule has 0 unspecified atom stereocenters. The summed E-state index contributed by atoms with van der Waals surface area (Å²) in [4.78, 5) is 11.8. The molecule has 24 heavy (non-hydrogen) atoms. The van der Waals surface area contributed by atoms with E-state index >= 15 is 0 Å². The number of aliphatic hydroxyl groups is 1. The summed E-state index contributed by atoms with van der Waals surface area (Å²) >= 11 is 0. The molecule has 2 rings (SSSR count). The lowest BCUT2D eigenvalue weighted by Gasteiger charge is -2.40. The largest absolute Gasteiger partial charge is 0.444 e. The van der Waals surface area contributed by atoms with Gasteiger partial charge >= 0.3 is 6.09 Å². The Bertz CT molecular complexity index is 515. The number of amides is 1. The van der Waals surface area contributed by atoms with Crippen molar-refractivity contribution in [1.29, 1.82) is 0 Å². The van der Waals surface area contributed by atoms with Crippen molar-refractivity contribution >= 4 is 6.09 Å².